The van der Waals surface area contributed by atoms with E-state index in [9.17, 15) is 9.90 Å². The average Bonchev–Trinajstić information content (AvgIpc) is 3.65. The van der Waals surface area contributed by atoms with Crippen LogP contribution in [-0.2, 0) is 6.61 Å². The molecule has 4 aromatic rings. The van der Waals surface area contributed by atoms with Gasteiger partial charge in [0.1, 0.15) is 35.1 Å². The number of nitrogens with zero attached hydrogens (tertiary/aromatic N) is 2. The van der Waals surface area contributed by atoms with Crippen molar-refractivity contribution >= 4 is 27.8 Å². The second kappa shape index (κ2) is 14.1. The number of carboxylic acids is 1. The molecule has 232 valence electrons. The molecule has 0 atom stereocenters. The van der Waals surface area contributed by atoms with Crippen molar-refractivity contribution in [1.29, 1.82) is 0 Å². The Labute approximate surface area is 251 Å². The topological polar surface area (TPSA) is 147 Å². The molecule has 11 nitrogen and oxygen atoms in total. The van der Waals surface area contributed by atoms with Gasteiger partial charge in [-0.05, 0) is 57.0 Å². The van der Waals surface area contributed by atoms with Gasteiger partial charge in [-0.2, -0.15) is 0 Å². The van der Waals surface area contributed by atoms with Crippen LogP contribution >= 0.6 is 0 Å². The first kappa shape index (κ1) is 30.7. The van der Waals surface area contributed by atoms with Crippen molar-refractivity contribution in [3.8, 4) is 17.2 Å². The molecular formula is C32H42N4O7. The number of carboxylic acid groups (broad SMARTS) is 1. The number of fused-ring (bicyclic) bond motifs is 2. The summed E-state index contributed by atoms with van der Waals surface area (Å²) in [6.45, 7) is 7.02. The quantitative estimate of drug-likeness (QED) is 0.224. The summed E-state index contributed by atoms with van der Waals surface area (Å²) in [7, 11) is 3.16. The molecule has 11 heteroatoms. The van der Waals surface area contributed by atoms with Crippen LogP contribution in [0, 0.1) is 0 Å². The molecule has 0 aliphatic carbocycles. The van der Waals surface area contributed by atoms with Gasteiger partial charge in [-0.1, -0.05) is 6.07 Å². The highest BCUT2D eigenvalue weighted by Crippen LogP contribution is 2.36. The zero-order valence-electron chi connectivity index (χ0n) is 24.9. The van der Waals surface area contributed by atoms with Crippen LogP contribution in [0.5, 0.6) is 17.2 Å². The van der Waals surface area contributed by atoms with Gasteiger partial charge in [-0.3, -0.25) is 0 Å². The summed E-state index contributed by atoms with van der Waals surface area (Å²) in [5.74, 6) is 0.832. The Morgan fingerprint density at radius 1 is 1.00 bits per heavy atom. The van der Waals surface area contributed by atoms with Crippen LogP contribution in [0.3, 0.4) is 0 Å². The number of furan rings is 1. The minimum atomic E-state index is -1.02. The lowest BCUT2D eigenvalue weighted by molar-refractivity contribution is 0.0691. The van der Waals surface area contributed by atoms with Gasteiger partial charge in [0, 0.05) is 60.8 Å². The molecule has 2 aromatic carbocycles. The molecule has 0 unspecified atom stereocenters. The van der Waals surface area contributed by atoms with Gasteiger partial charge in [0.15, 0.2) is 0 Å². The number of benzene rings is 2. The number of aromatic carboxylic acids is 1. The Kier molecular flexibility index (Phi) is 10.1. The predicted octanol–water partition coefficient (Wildman–Crippen LogP) is 4.07. The number of aromatic nitrogens is 1. The van der Waals surface area contributed by atoms with Gasteiger partial charge in [-0.25, -0.2) is 4.79 Å². The monoisotopic (exact) mass is 594 g/mol. The van der Waals surface area contributed by atoms with Gasteiger partial charge in [-0.15, -0.1) is 0 Å². The van der Waals surface area contributed by atoms with Crippen LogP contribution in [0.15, 0.2) is 47.1 Å². The molecule has 2 aliphatic heterocycles. The summed E-state index contributed by atoms with van der Waals surface area (Å²) in [4.78, 5) is 19.0. The minimum Gasteiger partial charge on any atom is -0.496 e. The van der Waals surface area contributed by atoms with E-state index in [-0.39, 0.29) is 18.4 Å². The Balaban J connectivity index is 0.000000196. The zero-order valence-corrected chi connectivity index (χ0v) is 24.9. The fourth-order valence-electron chi connectivity index (χ4n) is 5.68. The summed E-state index contributed by atoms with van der Waals surface area (Å²) < 4.78 is 22.3. The first-order valence-electron chi connectivity index (χ1n) is 14.8. The summed E-state index contributed by atoms with van der Waals surface area (Å²) in [6, 6.07) is 11.0. The van der Waals surface area contributed by atoms with Crippen molar-refractivity contribution in [2.45, 2.75) is 44.4 Å². The van der Waals surface area contributed by atoms with Gasteiger partial charge < -0.3 is 49.4 Å². The van der Waals surface area contributed by atoms with Crippen molar-refractivity contribution in [2.24, 2.45) is 5.73 Å². The Bertz CT molecular complexity index is 1480. The third kappa shape index (κ3) is 7.61. The third-order valence-electron chi connectivity index (χ3n) is 8.30. The van der Waals surface area contributed by atoms with Gasteiger partial charge in [0.25, 0.3) is 0 Å². The van der Waals surface area contributed by atoms with E-state index in [1.807, 2.05) is 0 Å². The van der Waals surface area contributed by atoms with Crippen LogP contribution in [0.1, 0.15) is 41.7 Å². The molecule has 0 amide bonds. The maximum Gasteiger partial charge on any atom is 0.352 e. The highest BCUT2D eigenvalue weighted by Gasteiger charge is 2.20. The maximum atomic E-state index is 11.2. The first-order chi connectivity index (χ1) is 20.8. The van der Waals surface area contributed by atoms with Crippen molar-refractivity contribution in [2.75, 3.05) is 53.5 Å². The molecule has 0 bridgehead atoms. The Hall–Kier alpha value is -3.77. The number of piperidine rings is 2. The molecule has 2 fully saturated rings. The number of ether oxygens (including phenoxy) is 3. The normalized spacial score (nSPS) is 17.1. The number of likely N-dealkylation sites (tertiary alicyclic amines) is 2. The summed E-state index contributed by atoms with van der Waals surface area (Å²) in [5, 5.41) is 20.1. The number of nitrogens with one attached hydrogen (secondary N) is 1. The number of methoxy groups -OCH3 is 2. The number of H-pyrrole nitrogens is 1. The standard InChI is InChI=1S/C20H17NO6.C12H25N3O/c1-24-12-6-17(25-2)19-11(10-27-18(19)7-12)9-26-16-5-3-4-14-13(16)8-15(21-14)20(22)23;13-11-1-5-14(6-2-11)9-10-15-7-3-12(16)4-8-15/h3-8,10,21H,9H2,1-2H3,(H,22,23);11-12,16H,1-10,13H2. The second-order valence-corrected chi connectivity index (χ2v) is 11.2. The highest BCUT2D eigenvalue weighted by atomic mass is 16.5. The largest absolute Gasteiger partial charge is 0.496 e. The smallest absolute Gasteiger partial charge is 0.352 e. The molecule has 2 saturated heterocycles. The molecular weight excluding hydrogens is 552 g/mol. The van der Waals surface area contributed by atoms with Crippen molar-refractivity contribution < 1.29 is 33.6 Å². The fourth-order valence-corrected chi connectivity index (χ4v) is 5.68. The number of aromatic amines is 1. The molecule has 0 radical (unpaired) electrons. The SMILES string of the molecule is COc1cc(OC)c2c(COc3cccc4[nH]c(C(=O)O)cc34)coc2c1.NC1CCN(CCN2CCC(O)CC2)CC1. The van der Waals surface area contributed by atoms with Crippen LogP contribution in [0.2, 0.25) is 0 Å². The van der Waals surface area contributed by atoms with Crippen LogP contribution < -0.4 is 19.9 Å². The van der Waals surface area contributed by atoms with Crippen molar-refractivity contribution in [1.82, 2.24) is 14.8 Å². The molecule has 5 N–H and O–H groups in total. The van der Waals surface area contributed by atoms with E-state index >= 15 is 0 Å². The van der Waals surface area contributed by atoms with Crippen LogP contribution in [0.25, 0.3) is 21.9 Å². The molecule has 4 heterocycles. The number of aliphatic hydroxyl groups excluding tert-OH is 1. The first-order valence-corrected chi connectivity index (χ1v) is 14.8. The number of hydrogen-bond acceptors (Lipinski definition) is 9. The second-order valence-electron chi connectivity index (χ2n) is 11.2. The fraction of sp³-hybridized carbons (Fsp3) is 0.469. The Morgan fingerprint density at radius 3 is 2.35 bits per heavy atom. The zero-order chi connectivity index (χ0) is 30.3. The number of carbonyl (C=O) groups is 1. The van der Waals surface area contributed by atoms with E-state index in [1.54, 1.807) is 56.9 Å². The molecule has 2 aromatic heterocycles. The number of nitrogens with two attached hydrogens (primary N) is 1. The van der Waals surface area contributed by atoms with Crippen molar-refractivity contribution in [3.63, 3.8) is 0 Å². The Morgan fingerprint density at radius 2 is 1.70 bits per heavy atom. The van der Waals surface area contributed by atoms with Gasteiger partial charge in [0.2, 0.25) is 0 Å². The summed E-state index contributed by atoms with van der Waals surface area (Å²) in [5.41, 5.74) is 8.15. The maximum absolute atomic E-state index is 11.2. The lowest BCUT2D eigenvalue weighted by Crippen LogP contribution is -2.45. The van der Waals surface area contributed by atoms with Crippen LogP contribution in [0.4, 0.5) is 0 Å². The lowest BCUT2D eigenvalue weighted by Gasteiger charge is -2.34. The number of rotatable bonds is 9. The number of hydrogen-bond donors (Lipinski definition) is 4. The third-order valence-corrected chi connectivity index (χ3v) is 8.30. The molecule has 0 saturated carbocycles. The average molecular weight is 595 g/mol. The van der Waals surface area contributed by atoms with E-state index < -0.39 is 5.97 Å². The number of aliphatic hydroxyl groups is 1. The minimum absolute atomic E-state index is 0.0516. The highest BCUT2D eigenvalue weighted by molar-refractivity contribution is 5.96. The van der Waals surface area contributed by atoms with Crippen molar-refractivity contribution in [3.05, 3.63) is 53.9 Å². The van der Waals surface area contributed by atoms with E-state index in [0.29, 0.717) is 39.8 Å². The predicted molar refractivity (Wildman–Crippen MR) is 164 cm³/mol. The molecule has 0 spiro atoms. The van der Waals surface area contributed by atoms with Crippen LogP contribution in [-0.4, -0.2) is 96.6 Å². The molecule has 2 aliphatic rings. The summed E-state index contributed by atoms with van der Waals surface area (Å²) >= 11 is 0. The van der Waals surface area contributed by atoms with E-state index in [4.69, 9.17) is 29.5 Å². The molecule has 6 rings (SSSR count). The van der Waals surface area contributed by atoms with E-state index in [2.05, 4.69) is 14.8 Å². The molecule has 43 heavy (non-hydrogen) atoms. The van der Waals surface area contributed by atoms with Gasteiger partial charge >= 0.3 is 5.97 Å². The lowest BCUT2D eigenvalue weighted by atomic mass is 10.1. The summed E-state index contributed by atoms with van der Waals surface area (Å²) in [6.07, 6.45) is 5.77. The van der Waals surface area contributed by atoms with Gasteiger partial charge in [0.05, 0.1) is 32.0 Å². The van der Waals surface area contributed by atoms with E-state index in [1.165, 1.54) is 6.54 Å². The van der Waals surface area contributed by atoms with E-state index in [0.717, 1.165) is 69.4 Å².